The first-order chi connectivity index (χ1) is 17.7. The fourth-order valence-corrected chi connectivity index (χ4v) is 4.15. The van der Waals surface area contributed by atoms with Crippen molar-refractivity contribution >= 4 is 21.5 Å². The highest BCUT2D eigenvalue weighted by molar-refractivity contribution is 5.94. The van der Waals surface area contributed by atoms with Gasteiger partial charge in [-0.1, -0.05) is 73.8 Å². The van der Waals surface area contributed by atoms with Crippen molar-refractivity contribution in [3.05, 3.63) is 121 Å². The summed E-state index contributed by atoms with van der Waals surface area (Å²) in [7, 11) is 0. The van der Waals surface area contributed by atoms with Gasteiger partial charge in [0.25, 0.3) is 0 Å². The lowest BCUT2D eigenvalue weighted by Gasteiger charge is -2.13. The van der Waals surface area contributed by atoms with Crippen molar-refractivity contribution in [1.82, 2.24) is 0 Å². The molecule has 180 valence electrons. The van der Waals surface area contributed by atoms with Crippen molar-refractivity contribution < 1.29 is 18.9 Å². The van der Waals surface area contributed by atoms with Crippen LogP contribution >= 0.6 is 0 Å². The van der Waals surface area contributed by atoms with Crippen LogP contribution in [0.15, 0.2) is 121 Å². The Morgan fingerprint density at radius 3 is 1.14 bits per heavy atom. The molecule has 0 fully saturated rings. The minimum absolute atomic E-state index is 0.376. The van der Waals surface area contributed by atoms with Crippen LogP contribution < -0.4 is 18.9 Å². The summed E-state index contributed by atoms with van der Waals surface area (Å²) < 4.78 is 24.3. The van der Waals surface area contributed by atoms with Crippen LogP contribution in [0.2, 0.25) is 0 Å². The van der Waals surface area contributed by atoms with Gasteiger partial charge in [0, 0.05) is 21.5 Å². The molecule has 4 aromatic carbocycles. The molecule has 0 aromatic heterocycles. The highest BCUT2D eigenvalue weighted by atomic mass is 16.5. The van der Waals surface area contributed by atoms with Gasteiger partial charge in [-0.05, 0) is 47.6 Å². The van der Waals surface area contributed by atoms with Crippen molar-refractivity contribution in [3.8, 4) is 23.0 Å². The Balaban J connectivity index is 1.43. The highest BCUT2D eigenvalue weighted by Gasteiger charge is 2.09. The van der Waals surface area contributed by atoms with E-state index in [9.17, 15) is 0 Å². The Hall–Kier alpha value is -4.44. The summed E-state index contributed by atoms with van der Waals surface area (Å²) in [6, 6.07) is 23.9. The second kappa shape index (κ2) is 10.9. The van der Waals surface area contributed by atoms with Crippen LogP contribution in [-0.2, 0) is 0 Å². The summed E-state index contributed by atoms with van der Waals surface area (Å²) in [5, 5.41) is 3.98. The van der Waals surface area contributed by atoms with E-state index in [2.05, 4.69) is 13.2 Å². The smallest absolute Gasteiger partial charge is 0.127 e. The number of hydrogen-bond acceptors (Lipinski definition) is 4. The summed E-state index contributed by atoms with van der Waals surface area (Å²) in [5.41, 5.74) is 1.70. The largest absolute Gasteiger partial charge is 0.489 e. The van der Waals surface area contributed by atoms with Crippen molar-refractivity contribution in [3.63, 3.8) is 0 Å². The molecule has 36 heavy (non-hydrogen) atoms. The molecule has 4 heteroatoms. The van der Waals surface area contributed by atoms with Gasteiger partial charge in [-0.25, -0.2) is 0 Å². The lowest BCUT2D eigenvalue weighted by atomic mass is 10.1. The van der Waals surface area contributed by atoms with Gasteiger partial charge in [0.05, 0.1) is 0 Å². The first-order valence-electron chi connectivity index (χ1n) is 11.9. The first kappa shape index (κ1) is 23.3. The molecule has 1 aliphatic rings. The van der Waals surface area contributed by atoms with Gasteiger partial charge in [0.15, 0.2) is 0 Å². The molecular weight excluding hydrogens is 448 g/mol. The van der Waals surface area contributed by atoms with E-state index in [1.807, 2.05) is 97.1 Å². The van der Waals surface area contributed by atoms with Crippen LogP contribution in [0.1, 0.15) is 0 Å². The van der Waals surface area contributed by atoms with Crippen LogP contribution in [0.5, 0.6) is 23.0 Å². The summed E-state index contributed by atoms with van der Waals surface area (Å²) in [5.74, 6) is 3.18. The van der Waals surface area contributed by atoms with Gasteiger partial charge in [-0.2, -0.15) is 0 Å². The maximum absolute atomic E-state index is 6.10. The quantitative estimate of drug-likeness (QED) is 0.264. The molecule has 0 atom stereocenters. The van der Waals surface area contributed by atoms with Gasteiger partial charge in [0.1, 0.15) is 49.4 Å². The third-order valence-corrected chi connectivity index (χ3v) is 5.89. The SMILES string of the molecule is C=C1/C=C/COc2cccc3c(cccc23)OCC(=C)/C=C/COc2cccc3c(cccc23)OC1. The zero-order valence-electron chi connectivity index (χ0n) is 20.1. The minimum Gasteiger partial charge on any atom is -0.489 e. The highest BCUT2D eigenvalue weighted by Crippen LogP contribution is 2.33. The lowest BCUT2D eigenvalue weighted by Crippen LogP contribution is -2.02. The molecular formula is C32H28O4. The normalized spacial score (nSPS) is 16.8. The maximum atomic E-state index is 6.10. The number of rotatable bonds is 0. The second-order valence-electron chi connectivity index (χ2n) is 8.54. The molecule has 0 amide bonds. The minimum atomic E-state index is 0.376. The summed E-state index contributed by atoms with van der Waals surface area (Å²) in [6.07, 6.45) is 7.76. The predicted octanol–water partition coefficient (Wildman–Crippen LogP) is 7.45. The van der Waals surface area contributed by atoms with E-state index in [-0.39, 0.29) is 0 Å². The van der Waals surface area contributed by atoms with Crippen molar-refractivity contribution in [2.24, 2.45) is 0 Å². The van der Waals surface area contributed by atoms with E-state index in [1.54, 1.807) is 0 Å². The van der Waals surface area contributed by atoms with Crippen molar-refractivity contribution in [1.29, 1.82) is 0 Å². The van der Waals surface area contributed by atoms with Crippen molar-refractivity contribution in [2.75, 3.05) is 26.4 Å². The van der Waals surface area contributed by atoms with Crippen molar-refractivity contribution in [2.45, 2.75) is 0 Å². The topological polar surface area (TPSA) is 36.9 Å². The lowest BCUT2D eigenvalue weighted by molar-refractivity contribution is 0.354. The second-order valence-corrected chi connectivity index (χ2v) is 8.54. The van der Waals surface area contributed by atoms with E-state index >= 15 is 0 Å². The van der Waals surface area contributed by atoms with Crippen LogP contribution in [0.25, 0.3) is 21.5 Å². The molecule has 0 saturated carbocycles. The zero-order chi connectivity index (χ0) is 24.7. The fraction of sp³-hybridized carbons (Fsp3) is 0.125. The Morgan fingerprint density at radius 1 is 0.444 bits per heavy atom. The first-order valence-corrected chi connectivity index (χ1v) is 11.9. The Labute approximate surface area is 211 Å². The molecule has 8 bridgehead atoms. The average molecular weight is 477 g/mol. The third-order valence-electron chi connectivity index (χ3n) is 5.89. The molecule has 0 radical (unpaired) electrons. The van der Waals surface area contributed by atoms with E-state index in [4.69, 9.17) is 18.9 Å². The van der Waals surface area contributed by atoms with Gasteiger partial charge < -0.3 is 18.9 Å². The molecule has 4 aromatic rings. The van der Waals surface area contributed by atoms with Crippen LogP contribution in [0.3, 0.4) is 0 Å². The Kier molecular flexibility index (Phi) is 7.04. The molecule has 0 unspecified atom stereocenters. The number of benzene rings is 4. The average Bonchev–Trinajstić information content (AvgIpc) is 2.90. The van der Waals surface area contributed by atoms with Crippen LogP contribution in [-0.4, -0.2) is 26.4 Å². The van der Waals surface area contributed by atoms with Gasteiger partial charge in [0.2, 0.25) is 0 Å². The summed E-state index contributed by atoms with van der Waals surface area (Å²) in [6.45, 7) is 9.83. The van der Waals surface area contributed by atoms with Crippen LogP contribution in [0.4, 0.5) is 0 Å². The summed E-state index contributed by atoms with van der Waals surface area (Å²) >= 11 is 0. The monoisotopic (exact) mass is 476 g/mol. The van der Waals surface area contributed by atoms with Gasteiger partial charge in [-0.15, -0.1) is 0 Å². The third kappa shape index (κ3) is 5.28. The molecule has 0 saturated heterocycles. The molecule has 0 spiro atoms. The van der Waals surface area contributed by atoms with E-state index < -0.39 is 0 Å². The van der Waals surface area contributed by atoms with Gasteiger partial charge in [-0.3, -0.25) is 0 Å². The molecule has 5 rings (SSSR count). The molecule has 4 nitrogen and oxygen atoms in total. The Morgan fingerprint density at radius 2 is 0.778 bits per heavy atom. The molecule has 1 heterocycles. The molecule has 0 N–H and O–H groups in total. The Bertz CT molecular complexity index is 1370. The van der Waals surface area contributed by atoms with Crippen LogP contribution in [0, 0.1) is 0 Å². The van der Waals surface area contributed by atoms with E-state index in [1.165, 1.54) is 0 Å². The number of ether oxygens (including phenoxy) is 4. The van der Waals surface area contributed by atoms with E-state index in [0.717, 1.165) is 55.7 Å². The molecule has 1 aliphatic heterocycles. The maximum Gasteiger partial charge on any atom is 0.127 e. The standard InChI is InChI=1S/C32H28O4/c1-23-9-7-19-33-29-15-4-14-28-26(29)12-6-18-32(28)36-22-24(2)10-8-20-34-30-16-3-13-27-25(30)11-5-17-31(27)35-21-23/h3-18H,1-2,19-22H2/b9-7+,10-8+. The molecule has 0 aliphatic carbocycles. The zero-order valence-corrected chi connectivity index (χ0v) is 20.1. The fourth-order valence-electron chi connectivity index (χ4n) is 4.15. The summed E-state index contributed by atoms with van der Waals surface area (Å²) in [4.78, 5) is 0. The predicted molar refractivity (Wildman–Crippen MR) is 146 cm³/mol. The van der Waals surface area contributed by atoms with Gasteiger partial charge >= 0.3 is 0 Å². The number of hydrogen-bond donors (Lipinski definition) is 0. The van der Waals surface area contributed by atoms with E-state index in [0.29, 0.717) is 26.4 Å².